The van der Waals surface area contributed by atoms with Crippen molar-refractivity contribution in [2.75, 3.05) is 0 Å². The molecular weight excluding hydrogens is 278 g/mol. The van der Waals surface area contributed by atoms with Crippen LogP contribution in [0.1, 0.15) is 5.82 Å². The summed E-state index contributed by atoms with van der Waals surface area (Å²) in [6, 6.07) is 7.26. The predicted molar refractivity (Wildman–Crippen MR) is 76.4 cm³/mol. The monoisotopic (exact) mass is 287 g/mol. The second-order valence-corrected chi connectivity index (χ2v) is 4.53. The lowest BCUT2D eigenvalue weighted by atomic mass is 10.2. The summed E-state index contributed by atoms with van der Waals surface area (Å²) in [5.41, 5.74) is 7.21. The Balaban J connectivity index is 2.28. The van der Waals surface area contributed by atoms with Crippen LogP contribution in [0.5, 0.6) is 0 Å². The molecule has 0 bridgehead atoms. The van der Waals surface area contributed by atoms with E-state index in [9.17, 15) is 0 Å². The standard InChI is InChI=1S/C13H10ClN5O/c14-8-1-2-9-10(7-8)16-4-3-11(9)19-6-5-17-13(19)12(15)18-20/h1-7,20H,(H2,15,18). The Bertz CT molecular complexity index is 811. The van der Waals surface area contributed by atoms with Gasteiger partial charge in [0.2, 0.25) is 5.84 Å². The summed E-state index contributed by atoms with van der Waals surface area (Å²) in [4.78, 5) is 8.37. The number of oxime groups is 1. The van der Waals surface area contributed by atoms with Crippen LogP contribution in [-0.4, -0.2) is 25.6 Å². The fraction of sp³-hybridized carbons (Fsp3) is 0. The van der Waals surface area contributed by atoms with Crippen molar-refractivity contribution < 1.29 is 5.21 Å². The summed E-state index contributed by atoms with van der Waals surface area (Å²) in [6.45, 7) is 0. The van der Waals surface area contributed by atoms with Crippen LogP contribution in [0, 0.1) is 0 Å². The van der Waals surface area contributed by atoms with Gasteiger partial charge in [0, 0.05) is 29.0 Å². The van der Waals surface area contributed by atoms with E-state index < -0.39 is 0 Å². The summed E-state index contributed by atoms with van der Waals surface area (Å²) in [5.74, 6) is 0.295. The predicted octanol–water partition coefficient (Wildman–Crippen LogP) is 2.17. The van der Waals surface area contributed by atoms with Gasteiger partial charge in [-0.1, -0.05) is 16.8 Å². The summed E-state index contributed by atoms with van der Waals surface area (Å²) < 4.78 is 1.73. The van der Waals surface area contributed by atoms with Gasteiger partial charge in [0.1, 0.15) is 0 Å². The van der Waals surface area contributed by atoms with Gasteiger partial charge in [-0.3, -0.25) is 9.55 Å². The molecule has 0 saturated heterocycles. The van der Waals surface area contributed by atoms with Crippen LogP contribution in [0.25, 0.3) is 16.6 Å². The lowest BCUT2D eigenvalue weighted by molar-refractivity contribution is 0.318. The van der Waals surface area contributed by atoms with Crippen LogP contribution in [-0.2, 0) is 0 Å². The number of nitrogens with zero attached hydrogens (tertiary/aromatic N) is 4. The van der Waals surface area contributed by atoms with E-state index in [1.807, 2.05) is 12.1 Å². The number of pyridine rings is 1. The minimum Gasteiger partial charge on any atom is -0.409 e. The number of hydrogen-bond acceptors (Lipinski definition) is 4. The third-order valence-corrected chi connectivity index (χ3v) is 3.15. The SMILES string of the molecule is N/C(=N/O)c1nccn1-c1ccnc2cc(Cl)ccc12. The van der Waals surface area contributed by atoms with Crippen LogP contribution >= 0.6 is 11.6 Å². The number of nitrogens with two attached hydrogens (primary N) is 1. The van der Waals surface area contributed by atoms with Crippen LogP contribution in [0.4, 0.5) is 0 Å². The molecule has 2 aromatic heterocycles. The molecule has 0 atom stereocenters. The molecule has 0 spiro atoms. The Kier molecular flexibility index (Phi) is 3.00. The Hall–Kier alpha value is -2.60. The van der Waals surface area contributed by atoms with Gasteiger partial charge >= 0.3 is 0 Å². The van der Waals surface area contributed by atoms with Crippen LogP contribution in [0.3, 0.4) is 0 Å². The largest absolute Gasteiger partial charge is 0.409 e. The molecule has 0 saturated carbocycles. The summed E-state index contributed by atoms with van der Waals surface area (Å²) >= 11 is 5.97. The molecule has 3 N–H and O–H groups in total. The zero-order valence-corrected chi connectivity index (χ0v) is 11.0. The fourth-order valence-corrected chi connectivity index (χ4v) is 2.21. The van der Waals surface area contributed by atoms with E-state index in [1.54, 1.807) is 35.3 Å². The molecule has 0 radical (unpaired) electrons. The maximum Gasteiger partial charge on any atom is 0.206 e. The van der Waals surface area contributed by atoms with E-state index in [1.165, 1.54) is 0 Å². The van der Waals surface area contributed by atoms with Gasteiger partial charge in [-0.05, 0) is 24.3 Å². The van der Waals surface area contributed by atoms with Crippen molar-refractivity contribution in [3.05, 3.63) is 53.7 Å². The fourth-order valence-electron chi connectivity index (χ4n) is 2.05. The maximum absolute atomic E-state index is 8.81. The van der Waals surface area contributed by atoms with E-state index in [-0.39, 0.29) is 5.84 Å². The first-order valence-corrected chi connectivity index (χ1v) is 6.14. The molecule has 0 fully saturated rings. The number of imidazole rings is 1. The van der Waals surface area contributed by atoms with Crippen molar-refractivity contribution in [3.63, 3.8) is 0 Å². The number of amidine groups is 1. The topological polar surface area (TPSA) is 89.3 Å². The molecule has 6 nitrogen and oxygen atoms in total. The molecule has 100 valence electrons. The lowest BCUT2D eigenvalue weighted by Gasteiger charge is -2.10. The molecular formula is C13H10ClN5O. The Morgan fingerprint density at radius 1 is 1.25 bits per heavy atom. The molecule has 0 amide bonds. The Labute approximate surface area is 119 Å². The van der Waals surface area contributed by atoms with Gasteiger partial charge in [-0.2, -0.15) is 0 Å². The van der Waals surface area contributed by atoms with Crippen molar-refractivity contribution in [3.8, 4) is 5.69 Å². The zero-order valence-electron chi connectivity index (χ0n) is 10.2. The minimum atomic E-state index is -0.0612. The molecule has 3 rings (SSSR count). The van der Waals surface area contributed by atoms with Gasteiger partial charge < -0.3 is 10.9 Å². The highest BCUT2D eigenvalue weighted by atomic mass is 35.5. The van der Waals surface area contributed by atoms with E-state index >= 15 is 0 Å². The highest BCUT2D eigenvalue weighted by Gasteiger charge is 2.12. The lowest BCUT2D eigenvalue weighted by Crippen LogP contribution is -2.18. The van der Waals surface area contributed by atoms with E-state index in [2.05, 4.69) is 15.1 Å². The third kappa shape index (κ3) is 1.96. The zero-order chi connectivity index (χ0) is 14.1. The summed E-state index contributed by atoms with van der Waals surface area (Å²) in [6.07, 6.45) is 4.98. The van der Waals surface area contributed by atoms with Crippen molar-refractivity contribution in [2.24, 2.45) is 10.9 Å². The van der Waals surface area contributed by atoms with Crippen molar-refractivity contribution in [2.45, 2.75) is 0 Å². The van der Waals surface area contributed by atoms with Crippen LogP contribution in [0.2, 0.25) is 5.02 Å². The van der Waals surface area contributed by atoms with Gasteiger partial charge in [-0.25, -0.2) is 4.98 Å². The first kappa shape index (κ1) is 12.4. The number of benzene rings is 1. The average molecular weight is 288 g/mol. The number of rotatable bonds is 2. The summed E-state index contributed by atoms with van der Waals surface area (Å²) in [5, 5.41) is 13.3. The molecule has 0 unspecified atom stereocenters. The highest BCUT2D eigenvalue weighted by Crippen LogP contribution is 2.24. The number of aromatic nitrogens is 3. The van der Waals surface area contributed by atoms with Gasteiger partial charge in [0.15, 0.2) is 5.82 Å². The van der Waals surface area contributed by atoms with Crippen LogP contribution in [0.15, 0.2) is 48.0 Å². The minimum absolute atomic E-state index is 0.0612. The van der Waals surface area contributed by atoms with E-state index in [0.717, 1.165) is 16.6 Å². The average Bonchev–Trinajstić information content (AvgIpc) is 2.94. The molecule has 0 aliphatic rings. The van der Waals surface area contributed by atoms with Crippen molar-refractivity contribution in [1.29, 1.82) is 0 Å². The second kappa shape index (κ2) is 4.82. The Morgan fingerprint density at radius 2 is 2.10 bits per heavy atom. The molecule has 2 heterocycles. The quantitative estimate of drug-likeness (QED) is 0.327. The molecule has 7 heteroatoms. The van der Waals surface area contributed by atoms with Gasteiger partial charge in [0.05, 0.1) is 11.2 Å². The van der Waals surface area contributed by atoms with Crippen LogP contribution < -0.4 is 5.73 Å². The number of hydrogen-bond donors (Lipinski definition) is 2. The van der Waals surface area contributed by atoms with Gasteiger partial charge in [-0.15, -0.1) is 0 Å². The highest BCUT2D eigenvalue weighted by molar-refractivity contribution is 6.31. The number of fused-ring (bicyclic) bond motifs is 1. The normalized spacial score (nSPS) is 11.9. The second-order valence-electron chi connectivity index (χ2n) is 4.10. The van der Waals surface area contributed by atoms with Crippen molar-refractivity contribution >= 4 is 28.3 Å². The first-order valence-electron chi connectivity index (χ1n) is 5.76. The molecule has 0 aliphatic heterocycles. The molecule has 3 aromatic rings. The molecule has 1 aromatic carbocycles. The van der Waals surface area contributed by atoms with E-state index in [4.69, 9.17) is 22.5 Å². The maximum atomic E-state index is 8.81. The molecule has 20 heavy (non-hydrogen) atoms. The van der Waals surface area contributed by atoms with Gasteiger partial charge in [0.25, 0.3) is 0 Å². The molecule has 0 aliphatic carbocycles. The van der Waals surface area contributed by atoms with E-state index in [0.29, 0.717) is 10.8 Å². The smallest absolute Gasteiger partial charge is 0.206 e. The summed E-state index contributed by atoms with van der Waals surface area (Å²) in [7, 11) is 0. The van der Waals surface area contributed by atoms with Crippen molar-refractivity contribution in [1.82, 2.24) is 14.5 Å². The Morgan fingerprint density at radius 3 is 2.90 bits per heavy atom. The number of halogens is 1. The first-order chi connectivity index (χ1) is 9.70. The third-order valence-electron chi connectivity index (χ3n) is 2.92.